The van der Waals surface area contributed by atoms with Gasteiger partial charge in [-0.05, 0) is 12.1 Å². The summed E-state index contributed by atoms with van der Waals surface area (Å²) in [5.41, 5.74) is 0. The summed E-state index contributed by atoms with van der Waals surface area (Å²) >= 11 is 0. The van der Waals surface area contributed by atoms with Crippen LogP contribution < -0.4 is 4.74 Å². The van der Waals surface area contributed by atoms with Crippen molar-refractivity contribution in [2.24, 2.45) is 0 Å². The van der Waals surface area contributed by atoms with E-state index in [1.807, 2.05) is 18.2 Å². The highest BCUT2D eigenvalue weighted by Crippen LogP contribution is 2.21. The number of aliphatic hydroxyl groups is 2. The van der Waals surface area contributed by atoms with E-state index < -0.39 is 31.4 Å². The van der Waals surface area contributed by atoms with Crippen molar-refractivity contribution in [1.82, 2.24) is 0 Å². The number of para-hydroxylation sites is 1. The summed E-state index contributed by atoms with van der Waals surface area (Å²) in [6.45, 7) is -0.265. The van der Waals surface area contributed by atoms with E-state index in [2.05, 4.69) is 0 Å². The molecule has 106 valence electrons. The Kier molecular flexibility index (Phi) is 5.12. The Balaban J connectivity index is 2.01. The largest absolute Gasteiger partial charge is 0.459 e. The summed E-state index contributed by atoms with van der Waals surface area (Å²) in [6.07, 6.45) is -3.14. The standard InChI is InChI=1S/C13H18O6/c1-16-12-13(18-9-5-3-2-4-6-9)19-11(8-17-12)10(15)7-14/h2-6,10-15H,7-8H2,1H3/t10-,11+,12+,13+/m0/s1. The SMILES string of the molecule is CO[C@@H]1OC[C@H]([C@@H](O)CO)O[C@H]1Oc1ccccc1. The van der Waals surface area contributed by atoms with Gasteiger partial charge in [0.15, 0.2) is 0 Å². The average molecular weight is 270 g/mol. The van der Waals surface area contributed by atoms with Gasteiger partial charge in [0.05, 0.1) is 13.2 Å². The Bertz CT molecular complexity index is 371. The lowest BCUT2D eigenvalue weighted by atomic mass is 10.2. The highest BCUT2D eigenvalue weighted by molar-refractivity contribution is 5.21. The molecule has 0 bridgehead atoms. The van der Waals surface area contributed by atoms with E-state index in [4.69, 9.17) is 24.1 Å². The van der Waals surface area contributed by atoms with Crippen molar-refractivity contribution < 1.29 is 29.2 Å². The van der Waals surface area contributed by atoms with Crippen molar-refractivity contribution in [1.29, 1.82) is 0 Å². The summed E-state index contributed by atoms with van der Waals surface area (Å²) in [4.78, 5) is 0. The number of benzene rings is 1. The first-order chi connectivity index (χ1) is 9.24. The molecule has 1 aliphatic heterocycles. The van der Waals surface area contributed by atoms with Crippen LogP contribution in [0.4, 0.5) is 0 Å². The summed E-state index contributed by atoms with van der Waals surface area (Å²) in [5.74, 6) is 0.609. The zero-order chi connectivity index (χ0) is 13.7. The number of methoxy groups -OCH3 is 1. The minimum Gasteiger partial charge on any atom is -0.459 e. The lowest BCUT2D eigenvalue weighted by Crippen LogP contribution is -2.51. The van der Waals surface area contributed by atoms with Gasteiger partial charge in [0.1, 0.15) is 18.0 Å². The van der Waals surface area contributed by atoms with Gasteiger partial charge in [-0.3, -0.25) is 0 Å². The van der Waals surface area contributed by atoms with Crippen molar-refractivity contribution in [3.05, 3.63) is 30.3 Å². The monoisotopic (exact) mass is 270 g/mol. The topological polar surface area (TPSA) is 77.4 Å². The smallest absolute Gasteiger partial charge is 0.251 e. The Morgan fingerprint density at radius 1 is 1.32 bits per heavy atom. The Morgan fingerprint density at radius 3 is 2.68 bits per heavy atom. The molecule has 1 aliphatic rings. The third kappa shape index (κ3) is 3.65. The first-order valence-electron chi connectivity index (χ1n) is 6.05. The van der Waals surface area contributed by atoms with Crippen molar-refractivity contribution in [2.75, 3.05) is 20.3 Å². The van der Waals surface area contributed by atoms with Crippen molar-refractivity contribution >= 4 is 0 Å². The van der Waals surface area contributed by atoms with Crippen LogP contribution in [0.25, 0.3) is 0 Å². The van der Waals surface area contributed by atoms with Gasteiger partial charge >= 0.3 is 0 Å². The zero-order valence-electron chi connectivity index (χ0n) is 10.6. The van der Waals surface area contributed by atoms with E-state index in [1.54, 1.807) is 12.1 Å². The van der Waals surface area contributed by atoms with Crippen LogP contribution in [-0.2, 0) is 14.2 Å². The van der Waals surface area contributed by atoms with Crippen LogP contribution in [0.2, 0.25) is 0 Å². The highest BCUT2D eigenvalue weighted by Gasteiger charge is 2.37. The third-order valence-electron chi connectivity index (χ3n) is 2.80. The van der Waals surface area contributed by atoms with E-state index in [0.29, 0.717) is 5.75 Å². The van der Waals surface area contributed by atoms with Gasteiger partial charge in [-0.2, -0.15) is 0 Å². The average Bonchev–Trinajstić information content (AvgIpc) is 2.47. The van der Waals surface area contributed by atoms with E-state index in [0.717, 1.165) is 0 Å². The lowest BCUT2D eigenvalue weighted by Gasteiger charge is -2.36. The maximum Gasteiger partial charge on any atom is 0.251 e. The van der Waals surface area contributed by atoms with Crippen molar-refractivity contribution in [3.63, 3.8) is 0 Å². The van der Waals surface area contributed by atoms with Crippen molar-refractivity contribution in [3.8, 4) is 5.75 Å². The summed E-state index contributed by atoms with van der Waals surface area (Å²) in [5, 5.41) is 18.5. The number of rotatable bonds is 5. The van der Waals surface area contributed by atoms with Crippen LogP contribution in [0, 0.1) is 0 Å². The predicted octanol–water partition coefficient (Wildman–Crippen LogP) is 0.133. The number of hydrogen-bond donors (Lipinski definition) is 2. The second kappa shape index (κ2) is 6.83. The second-order valence-electron chi connectivity index (χ2n) is 4.16. The van der Waals surface area contributed by atoms with Gasteiger partial charge in [0.2, 0.25) is 6.29 Å². The maximum absolute atomic E-state index is 9.57. The van der Waals surface area contributed by atoms with Gasteiger partial charge in [0.25, 0.3) is 6.29 Å². The zero-order valence-corrected chi connectivity index (χ0v) is 10.6. The van der Waals surface area contributed by atoms with E-state index >= 15 is 0 Å². The molecular formula is C13H18O6. The fourth-order valence-electron chi connectivity index (χ4n) is 1.76. The minimum absolute atomic E-state index is 0.134. The molecule has 1 heterocycles. The fraction of sp³-hybridized carbons (Fsp3) is 0.538. The molecule has 0 radical (unpaired) electrons. The lowest BCUT2D eigenvalue weighted by molar-refractivity contribution is -0.324. The molecule has 0 aromatic heterocycles. The molecule has 0 saturated carbocycles. The first-order valence-corrected chi connectivity index (χ1v) is 6.05. The van der Waals surface area contributed by atoms with Crippen LogP contribution in [0.3, 0.4) is 0 Å². The molecule has 0 unspecified atom stereocenters. The molecule has 0 spiro atoms. The molecule has 1 fully saturated rings. The summed E-state index contributed by atoms with van der Waals surface area (Å²) < 4.78 is 21.7. The van der Waals surface area contributed by atoms with Crippen LogP contribution in [0.5, 0.6) is 5.75 Å². The molecule has 6 nitrogen and oxygen atoms in total. The van der Waals surface area contributed by atoms with Crippen LogP contribution in [0.15, 0.2) is 30.3 Å². The van der Waals surface area contributed by atoms with E-state index in [-0.39, 0.29) is 6.61 Å². The molecule has 0 amide bonds. The first kappa shape index (κ1) is 14.2. The molecule has 1 saturated heterocycles. The normalized spacial score (nSPS) is 28.9. The van der Waals surface area contributed by atoms with E-state index in [9.17, 15) is 5.11 Å². The number of aliphatic hydroxyl groups excluding tert-OH is 2. The molecule has 2 rings (SSSR count). The molecule has 19 heavy (non-hydrogen) atoms. The summed E-state index contributed by atoms with van der Waals surface area (Å²) in [7, 11) is 1.48. The van der Waals surface area contributed by atoms with Gasteiger partial charge in [0, 0.05) is 7.11 Å². The molecule has 0 aliphatic carbocycles. The number of ether oxygens (including phenoxy) is 4. The Morgan fingerprint density at radius 2 is 2.05 bits per heavy atom. The fourth-order valence-corrected chi connectivity index (χ4v) is 1.76. The molecule has 2 N–H and O–H groups in total. The van der Waals surface area contributed by atoms with Gasteiger partial charge < -0.3 is 29.2 Å². The summed E-state index contributed by atoms with van der Waals surface area (Å²) in [6, 6.07) is 9.10. The highest BCUT2D eigenvalue weighted by atomic mass is 16.8. The Labute approximate surface area is 111 Å². The van der Waals surface area contributed by atoms with Crippen LogP contribution >= 0.6 is 0 Å². The second-order valence-corrected chi connectivity index (χ2v) is 4.16. The molecule has 6 heteroatoms. The predicted molar refractivity (Wildman–Crippen MR) is 65.6 cm³/mol. The molecule has 4 atom stereocenters. The Hall–Kier alpha value is -1.18. The molecule has 1 aromatic rings. The maximum atomic E-state index is 9.57. The van der Waals surface area contributed by atoms with Crippen LogP contribution in [-0.4, -0.2) is 55.3 Å². The number of hydrogen-bond acceptors (Lipinski definition) is 6. The van der Waals surface area contributed by atoms with Gasteiger partial charge in [-0.15, -0.1) is 0 Å². The van der Waals surface area contributed by atoms with Crippen LogP contribution in [0.1, 0.15) is 0 Å². The van der Waals surface area contributed by atoms with Gasteiger partial charge in [-0.25, -0.2) is 0 Å². The minimum atomic E-state index is -1.01. The van der Waals surface area contributed by atoms with E-state index in [1.165, 1.54) is 7.11 Å². The molecule has 1 aromatic carbocycles. The third-order valence-corrected chi connectivity index (χ3v) is 2.80. The molecular weight excluding hydrogens is 252 g/mol. The van der Waals surface area contributed by atoms with Crippen molar-refractivity contribution in [2.45, 2.75) is 24.8 Å². The van der Waals surface area contributed by atoms with Gasteiger partial charge in [-0.1, -0.05) is 18.2 Å². The quantitative estimate of drug-likeness (QED) is 0.792.